The molecule has 0 aliphatic heterocycles. The lowest BCUT2D eigenvalue weighted by Crippen LogP contribution is -2.22. The number of hydrogen-bond acceptors (Lipinski definition) is 8. The first-order valence-electron chi connectivity index (χ1n) is 10.7. The van der Waals surface area contributed by atoms with Crippen molar-refractivity contribution in [3.05, 3.63) is 63.7 Å². The van der Waals surface area contributed by atoms with Gasteiger partial charge >= 0.3 is 5.97 Å². The smallest absolute Gasteiger partial charge is 0.348 e. The molecule has 1 N–H and O–H groups in total. The zero-order valence-corrected chi connectivity index (χ0v) is 19.2. The van der Waals surface area contributed by atoms with Gasteiger partial charge in [0.15, 0.2) is 6.61 Å². The molecule has 1 amide bonds. The molecule has 10 nitrogen and oxygen atoms in total. The van der Waals surface area contributed by atoms with Crippen molar-refractivity contribution in [2.45, 2.75) is 20.8 Å². The van der Waals surface area contributed by atoms with Crippen molar-refractivity contribution in [3.8, 4) is 11.8 Å². The first-order valence-corrected chi connectivity index (χ1v) is 10.7. The van der Waals surface area contributed by atoms with Crippen LogP contribution in [0.4, 0.5) is 17.1 Å². The first-order chi connectivity index (χ1) is 16.3. The molecule has 10 heteroatoms. The van der Waals surface area contributed by atoms with Crippen molar-refractivity contribution in [1.29, 1.82) is 5.26 Å². The minimum absolute atomic E-state index is 0.125. The van der Waals surface area contributed by atoms with Crippen LogP contribution in [0.5, 0.6) is 5.75 Å². The molecule has 2 aromatic carbocycles. The fourth-order valence-corrected chi connectivity index (χ4v) is 3.09. The lowest BCUT2D eigenvalue weighted by Gasteiger charge is -2.22. The second kappa shape index (κ2) is 12.6. The van der Waals surface area contributed by atoms with Gasteiger partial charge in [-0.05, 0) is 45.0 Å². The Morgan fingerprint density at radius 1 is 1.18 bits per heavy atom. The van der Waals surface area contributed by atoms with Gasteiger partial charge in [-0.25, -0.2) is 4.79 Å². The highest BCUT2D eigenvalue weighted by molar-refractivity contribution is 5.98. The first kappa shape index (κ1) is 25.9. The van der Waals surface area contributed by atoms with E-state index >= 15 is 0 Å². The molecule has 0 saturated heterocycles. The molecule has 0 saturated carbocycles. The standard InChI is InChI=1S/C24H26N4O6/c1-4-27(5-2)20-11-10-17(12-18(15-25)24(30)33-6-3)22(14-20)34-16-23(29)26-19-8-7-9-21(13-19)28(31)32/h7-14H,4-6,16H2,1-3H3,(H,26,29)/b18-12+. The number of amides is 1. The molecule has 0 aliphatic rings. The number of non-ortho nitro benzene ring substituents is 1. The molecule has 0 aromatic heterocycles. The topological polar surface area (TPSA) is 135 Å². The van der Waals surface area contributed by atoms with Crippen LogP contribution in [0.2, 0.25) is 0 Å². The van der Waals surface area contributed by atoms with Crippen molar-refractivity contribution < 1.29 is 24.0 Å². The predicted molar refractivity (Wildman–Crippen MR) is 127 cm³/mol. The lowest BCUT2D eigenvalue weighted by atomic mass is 10.1. The SMILES string of the molecule is CCOC(=O)/C(C#N)=C/c1ccc(N(CC)CC)cc1OCC(=O)Nc1cccc([N+](=O)[O-])c1. The summed E-state index contributed by atoms with van der Waals surface area (Å²) < 4.78 is 10.6. The van der Waals surface area contributed by atoms with Gasteiger partial charge in [0.25, 0.3) is 11.6 Å². The summed E-state index contributed by atoms with van der Waals surface area (Å²) in [6, 6.07) is 12.6. The molecule has 0 bridgehead atoms. The molecular formula is C24H26N4O6. The number of rotatable bonds is 11. The van der Waals surface area contributed by atoms with E-state index < -0.39 is 23.4 Å². The summed E-state index contributed by atoms with van der Waals surface area (Å²) >= 11 is 0. The average molecular weight is 466 g/mol. The zero-order valence-electron chi connectivity index (χ0n) is 19.2. The minimum Gasteiger partial charge on any atom is -0.483 e. The van der Waals surface area contributed by atoms with E-state index in [1.807, 2.05) is 26.0 Å². The van der Waals surface area contributed by atoms with Crippen molar-refractivity contribution in [1.82, 2.24) is 0 Å². The van der Waals surface area contributed by atoms with E-state index in [1.165, 1.54) is 30.3 Å². The maximum absolute atomic E-state index is 12.4. The Balaban J connectivity index is 2.29. The van der Waals surface area contributed by atoms with Gasteiger partial charge in [0, 0.05) is 48.2 Å². The summed E-state index contributed by atoms with van der Waals surface area (Å²) in [5.41, 5.74) is 1.16. The summed E-state index contributed by atoms with van der Waals surface area (Å²) in [5.74, 6) is -1.00. The molecule has 0 heterocycles. The maximum Gasteiger partial charge on any atom is 0.348 e. The van der Waals surface area contributed by atoms with Crippen LogP contribution in [0.3, 0.4) is 0 Å². The van der Waals surface area contributed by atoms with E-state index in [2.05, 4.69) is 10.2 Å². The minimum atomic E-state index is -0.757. The third kappa shape index (κ3) is 7.06. The molecule has 2 aromatic rings. The summed E-state index contributed by atoms with van der Waals surface area (Å²) in [6.07, 6.45) is 1.35. The van der Waals surface area contributed by atoms with Crippen molar-refractivity contribution in [2.75, 3.05) is 36.5 Å². The lowest BCUT2D eigenvalue weighted by molar-refractivity contribution is -0.384. The molecule has 0 radical (unpaired) electrons. The largest absolute Gasteiger partial charge is 0.483 e. The molecule has 34 heavy (non-hydrogen) atoms. The van der Waals surface area contributed by atoms with Crippen LogP contribution >= 0.6 is 0 Å². The normalized spacial score (nSPS) is 10.7. The number of nitro benzene ring substituents is 1. The Labute approximate surface area is 197 Å². The predicted octanol–water partition coefficient (Wildman–Crippen LogP) is 3.93. The molecular weight excluding hydrogens is 440 g/mol. The summed E-state index contributed by atoms with van der Waals surface area (Å²) in [7, 11) is 0. The van der Waals surface area contributed by atoms with Crippen LogP contribution in [0, 0.1) is 21.4 Å². The Morgan fingerprint density at radius 3 is 2.53 bits per heavy atom. The van der Waals surface area contributed by atoms with Gasteiger partial charge < -0.3 is 19.7 Å². The quantitative estimate of drug-likeness (QED) is 0.173. The van der Waals surface area contributed by atoms with Gasteiger partial charge in [0.2, 0.25) is 0 Å². The summed E-state index contributed by atoms with van der Waals surface area (Å²) in [5, 5.41) is 22.8. The van der Waals surface area contributed by atoms with Crippen LogP contribution in [0.15, 0.2) is 48.0 Å². The number of benzene rings is 2. The highest BCUT2D eigenvalue weighted by atomic mass is 16.6. The van der Waals surface area contributed by atoms with Gasteiger partial charge in [-0.2, -0.15) is 5.26 Å². The number of nitriles is 1. The number of nitro groups is 1. The van der Waals surface area contributed by atoms with E-state index in [-0.39, 0.29) is 29.3 Å². The number of carbonyl (C=O) groups excluding carboxylic acids is 2. The fourth-order valence-electron chi connectivity index (χ4n) is 3.09. The third-order valence-corrected chi connectivity index (χ3v) is 4.74. The fraction of sp³-hybridized carbons (Fsp3) is 0.292. The van der Waals surface area contributed by atoms with Crippen LogP contribution in [0.1, 0.15) is 26.3 Å². The Hall–Kier alpha value is -4.39. The molecule has 0 unspecified atom stereocenters. The van der Waals surface area contributed by atoms with Crippen molar-refractivity contribution in [3.63, 3.8) is 0 Å². The summed E-state index contributed by atoms with van der Waals surface area (Å²) in [6.45, 7) is 6.85. The van der Waals surface area contributed by atoms with Crippen molar-refractivity contribution in [2.24, 2.45) is 0 Å². The van der Waals surface area contributed by atoms with E-state index in [1.54, 1.807) is 19.1 Å². The number of nitrogens with one attached hydrogen (secondary N) is 1. The zero-order chi connectivity index (χ0) is 25.1. The molecule has 0 spiro atoms. The van der Waals surface area contributed by atoms with E-state index in [0.29, 0.717) is 5.56 Å². The van der Waals surface area contributed by atoms with Crippen molar-refractivity contribution >= 4 is 35.0 Å². The number of ether oxygens (including phenoxy) is 2. The molecule has 178 valence electrons. The number of carbonyl (C=O) groups is 2. The van der Waals surface area contributed by atoms with Gasteiger partial charge in [-0.3, -0.25) is 14.9 Å². The maximum atomic E-state index is 12.4. The third-order valence-electron chi connectivity index (χ3n) is 4.74. The number of anilines is 2. The molecule has 0 fully saturated rings. The molecule has 0 atom stereocenters. The van der Waals surface area contributed by atoms with Gasteiger partial charge in [0.05, 0.1) is 11.5 Å². The van der Waals surface area contributed by atoms with E-state index in [9.17, 15) is 25.0 Å². The molecule has 0 aliphatic carbocycles. The number of nitrogens with zero attached hydrogens (tertiary/aromatic N) is 3. The van der Waals surface area contributed by atoms with E-state index in [0.717, 1.165) is 18.8 Å². The van der Waals surface area contributed by atoms with Crippen LogP contribution < -0.4 is 15.0 Å². The van der Waals surface area contributed by atoms with Gasteiger partial charge in [-0.15, -0.1) is 0 Å². The second-order valence-corrected chi connectivity index (χ2v) is 6.93. The Kier molecular flexibility index (Phi) is 9.58. The highest BCUT2D eigenvalue weighted by Gasteiger charge is 2.15. The second-order valence-electron chi connectivity index (χ2n) is 6.93. The molecule has 2 rings (SSSR count). The van der Waals surface area contributed by atoms with Crippen LogP contribution in [0.25, 0.3) is 6.08 Å². The Bertz CT molecular complexity index is 1120. The van der Waals surface area contributed by atoms with Crippen LogP contribution in [-0.2, 0) is 14.3 Å². The van der Waals surface area contributed by atoms with Gasteiger partial charge in [-0.1, -0.05) is 6.07 Å². The highest BCUT2D eigenvalue weighted by Crippen LogP contribution is 2.28. The Morgan fingerprint density at radius 2 is 1.91 bits per heavy atom. The number of hydrogen-bond donors (Lipinski definition) is 1. The summed E-state index contributed by atoms with van der Waals surface area (Å²) in [4.78, 5) is 36.9. The number of esters is 1. The monoisotopic (exact) mass is 466 g/mol. The average Bonchev–Trinajstić information content (AvgIpc) is 2.83. The van der Waals surface area contributed by atoms with Gasteiger partial charge in [0.1, 0.15) is 17.4 Å². The van der Waals surface area contributed by atoms with E-state index in [4.69, 9.17) is 9.47 Å². The van der Waals surface area contributed by atoms with Crippen LogP contribution in [-0.4, -0.2) is 43.1 Å².